The predicted molar refractivity (Wildman–Crippen MR) is 72.1 cm³/mol. The van der Waals surface area contributed by atoms with Crippen molar-refractivity contribution in [2.45, 2.75) is 19.4 Å². The molecule has 0 N–H and O–H groups in total. The molecule has 3 aromatic rings. The van der Waals surface area contributed by atoms with Gasteiger partial charge in [-0.15, -0.1) is 11.6 Å². The van der Waals surface area contributed by atoms with E-state index < -0.39 is 11.6 Å². The summed E-state index contributed by atoms with van der Waals surface area (Å²) in [5.74, 6) is 0.0665. The summed E-state index contributed by atoms with van der Waals surface area (Å²) >= 11 is 5.74. The molecule has 0 unspecified atom stereocenters. The lowest BCUT2D eigenvalue weighted by Gasteiger charge is -2.06. The fourth-order valence-electron chi connectivity index (χ4n) is 2.24. The van der Waals surface area contributed by atoms with Crippen LogP contribution in [0.4, 0.5) is 8.78 Å². The maximum atomic E-state index is 13.8. The van der Waals surface area contributed by atoms with Crippen molar-refractivity contribution >= 4 is 22.6 Å². The molecule has 0 aliphatic rings. The number of aryl methyl sites for hydroxylation is 3. The second-order valence-electron chi connectivity index (χ2n) is 4.46. The monoisotopic (exact) mass is 312 g/mol. The van der Waals surface area contributed by atoms with E-state index in [2.05, 4.69) is 15.1 Å². The highest BCUT2D eigenvalue weighted by molar-refractivity contribution is 6.17. The molecule has 0 saturated carbocycles. The number of alkyl halides is 1. The van der Waals surface area contributed by atoms with E-state index in [1.165, 1.54) is 12.4 Å². The van der Waals surface area contributed by atoms with E-state index in [0.717, 1.165) is 6.07 Å². The van der Waals surface area contributed by atoms with Crippen LogP contribution in [0.25, 0.3) is 11.0 Å². The number of hydrogen-bond acceptors (Lipinski definition) is 4. The lowest BCUT2D eigenvalue weighted by molar-refractivity contribution is 0.371. The Hall–Kier alpha value is -2.02. The van der Waals surface area contributed by atoms with Crippen molar-refractivity contribution < 1.29 is 13.3 Å². The van der Waals surface area contributed by atoms with E-state index in [1.807, 2.05) is 0 Å². The van der Waals surface area contributed by atoms with E-state index in [0.29, 0.717) is 42.5 Å². The molecule has 1 aromatic carbocycles. The average molecular weight is 313 g/mol. The minimum Gasteiger partial charge on any atom is -0.340 e. The zero-order valence-corrected chi connectivity index (χ0v) is 11.6. The van der Waals surface area contributed by atoms with E-state index >= 15 is 0 Å². The van der Waals surface area contributed by atoms with Gasteiger partial charge in [-0.25, -0.2) is 13.8 Å². The topological polar surface area (TPSA) is 56.7 Å². The number of rotatable bonds is 5. The molecular weight excluding hydrogens is 302 g/mol. The van der Waals surface area contributed by atoms with Crippen LogP contribution in [0, 0.1) is 11.6 Å². The minimum atomic E-state index is -0.683. The largest absolute Gasteiger partial charge is 0.340 e. The van der Waals surface area contributed by atoms with Crippen LogP contribution in [0.1, 0.15) is 11.7 Å². The van der Waals surface area contributed by atoms with Gasteiger partial charge in [0.05, 0.1) is 5.52 Å². The standard InChI is InChI=1S/C13H11ClF2N4O/c14-3-1-11-19-13-9(16)5-8(15)6-10(13)20(11)4-2-12-17-7-18-21-12/h5-7H,1-4H2. The molecule has 5 nitrogen and oxygen atoms in total. The van der Waals surface area contributed by atoms with Crippen LogP contribution in [0.15, 0.2) is 23.0 Å². The Bertz CT molecular complexity index is 757. The molecule has 0 fully saturated rings. The Morgan fingerprint density at radius 2 is 2.10 bits per heavy atom. The molecule has 0 amide bonds. The van der Waals surface area contributed by atoms with Crippen LogP contribution < -0.4 is 0 Å². The number of benzene rings is 1. The van der Waals surface area contributed by atoms with Gasteiger partial charge in [-0.3, -0.25) is 0 Å². The van der Waals surface area contributed by atoms with E-state index in [1.54, 1.807) is 4.57 Å². The number of fused-ring (bicyclic) bond motifs is 1. The molecule has 0 bridgehead atoms. The smallest absolute Gasteiger partial charge is 0.228 e. The fourth-order valence-corrected chi connectivity index (χ4v) is 2.40. The number of nitrogens with zero attached hydrogens (tertiary/aromatic N) is 4. The minimum absolute atomic E-state index is 0.141. The molecule has 0 radical (unpaired) electrons. The van der Waals surface area contributed by atoms with Gasteiger partial charge < -0.3 is 9.09 Å². The van der Waals surface area contributed by atoms with E-state index in [9.17, 15) is 8.78 Å². The van der Waals surface area contributed by atoms with Crippen LogP contribution >= 0.6 is 11.6 Å². The summed E-state index contributed by atoms with van der Waals surface area (Å²) in [5, 5.41) is 3.52. The lowest BCUT2D eigenvalue weighted by atomic mass is 10.3. The van der Waals surface area contributed by atoms with Gasteiger partial charge in [0.25, 0.3) is 0 Å². The Kier molecular flexibility index (Phi) is 3.83. The fraction of sp³-hybridized carbons (Fsp3) is 0.308. The first-order valence-corrected chi connectivity index (χ1v) is 6.88. The Balaban J connectivity index is 2.02. The van der Waals surface area contributed by atoms with Gasteiger partial charge in [-0.05, 0) is 6.07 Å². The average Bonchev–Trinajstić information content (AvgIpc) is 3.05. The normalized spacial score (nSPS) is 11.4. The molecule has 0 aliphatic carbocycles. The SMILES string of the molecule is Fc1cc(F)c2nc(CCCl)n(CCc3ncno3)c2c1. The van der Waals surface area contributed by atoms with Crippen molar-refractivity contribution in [2.75, 3.05) is 5.88 Å². The highest BCUT2D eigenvalue weighted by atomic mass is 35.5. The summed E-state index contributed by atoms with van der Waals surface area (Å²) in [5.41, 5.74) is 0.536. The van der Waals surface area contributed by atoms with Gasteiger partial charge in [-0.1, -0.05) is 5.16 Å². The van der Waals surface area contributed by atoms with Gasteiger partial charge in [0.15, 0.2) is 12.1 Å². The van der Waals surface area contributed by atoms with Crippen molar-refractivity contribution in [1.82, 2.24) is 19.7 Å². The Morgan fingerprint density at radius 1 is 1.24 bits per heavy atom. The molecule has 0 saturated heterocycles. The zero-order valence-electron chi connectivity index (χ0n) is 10.9. The first-order valence-electron chi connectivity index (χ1n) is 6.34. The molecule has 2 aromatic heterocycles. The second kappa shape index (κ2) is 5.77. The first kappa shape index (κ1) is 13.9. The molecule has 0 atom stereocenters. The molecule has 0 aliphatic heterocycles. The maximum absolute atomic E-state index is 13.8. The van der Waals surface area contributed by atoms with Crippen LogP contribution in [-0.4, -0.2) is 25.6 Å². The van der Waals surface area contributed by atoms with Gasteiger partial charge in [0.1, 0.15) is 17.2 Å². The summed E-state index contributed by atoms with van der Waals surface area (Å²) in [4.78, 5) is 8.13. The highest BCUT2D eigenvalue weighted by Crippen LogP contribution is 2.22. The second-order valence-corrected chi connectivity index (χ2v) is 4.84. The molecular formula is C13H11ClF2N4O. The highest BCUT2D eigenvalue weighted by Gasteiger charge is 2.16. The summed E-state index contributed by atoms with van der Waals surface area (Å²) in [7, 11) is 0. The third-order valence-electron chi connectivity index (χ3n) is 3.13. The maximum Gasteiger partial charge on any atom is 0.228 e. The first-order chi connectivity index (χ1) is 10.2. The van der Waals surface area contributed by atoms with Gasteiger partial charge in [0, 0.05) is 31.3 Å². The number of hydrogen-bond donors (Lipinski definition) is 0. The van der Waals surface area contributed by atoms with E-state index in [-0.39, 0.29) is 5.52 Å². The number of imidazole rings is 1. The number of halogens is 3. The summed E-state index contributed by atoms with van der Waals surface area (Å²) < 4.78 is 33.9. The Morgan fingerprint density at radius 3 is 2.81 bits per heavy atom. The van der Waals surface area contributed by atoms with Gasteiger partial charge in [-0.2, -0.15) is 4.98 Å². The third kappa shape index (κ3) is 2.73. The summed E-state index contributed by atoms with van der Waals surface area (Å²) in [6.07, 6.45) is 2.21. The quantitative estimate of drug-likeness (QED) is 0.680. The molecule has 2 heterocycles. The van der Waals surface area contributed by atoms with Crippen molar-refractivity contribution in [2.24, 2.45) is 0 Å². The van der Waals surface area contributed by atoms with Crippen molar-refractivity contribution in [1.29, 1.82) is 0 Å². The predicted octanol–water partition coefficient (Wildman–Crippen LogP) is 2.72. The zero-order chi connectivity index (χ0) is 14.8. The van der Waals surface area contributed by atoms with Gasteiger partial charge >= 0.3 is 0 Å². The lowest BCUT2D eigenvalue weighted by Crippen LogP contribution is -2.07. The summed E-state index contributed by atoms with van der Waals surface area (Å²) in [6, 6.07) is 2.08. The van der Waals surface area contributed by atoms with E-state index in [4.69, 9.17) is 16.1 Å². The third-order valence-corrected chi connectivity index (χ3v) is 3.31. The molecule has 110 valence electrons. The number of aromatic nitrogens is 4. The summed E-state index contributed by atoms with van der Waals surface area (Å²) in [6.45, 7) is 0.424. The van der Waals surface area contributed by atoms with Crippen LogP contribution in [0.3, 0.4) is 0 Å². The van der Waals surface area contributed by atoms with Crippen LogP contribution in [-0.2, 0) is 19.4 Å². The Labute approximate surface area is 123 Å². The van der Waals surface area contributed by atoms with Crippen molar-refractivity contribution in [3.8, 4) is 0 Å². The molecule has 8 heteroatoms. The van der Waals surface area contributed by atoms with Crippen molar-refractivity contribution in [3.05, 3.63) is 41.8 Å². The molecule has 0 spiro atoms. The van der Waals surface area contributed by atoms with Crippen molar-refractivity contribution in [3.63, 3.8) is 0 Å². The van der Waals surface area contributed by atoms with Crippen LogP contribution in [0.2, 0.25) is 0 Å². The van der Waals surface area contributed by atoms with Gasteiger partial charge in [0.2, 0.25) is 5.89 Å². The van der Waals surface area contributed by atoms with Crippen LogP contribution in [0.5, 0.6) is 0 Å². The molecule has 3 rings (SSSR count). The molecule has 21 heavy (non-hydrogen) atoms.